The number of amides is 1. The number of hydrogen-bond acceptors (Lipinski definition) is 4. The molecule has 0 bridgehead atoms. The van der Waals surface area contributed by atoms with Crippen molar-refractivity contribution in [3.05, 3.63) is 17.7 Å². The molecule has 1 aliphatic carbocycles. The number of rotatable bonds is 6. The van der Waals surface area contributed by atoms with Gasteiger partial charge in [0, 0.05) is 19.5 Å². The second kappa shape index (κ2) is 5.99. The van der Waals surface area contributed by atoms with Crippen LogP contribution in [-0.2, 0) is 0 Å². The van der Waals surface area contributed by atoms with Crippen molar-refractivity contribution in [3.63, 3.8) is 0 Å². The average molecular weight is 262 g/mol. The van der Waals surface area contributed by atoms with Gasteiger partial charge in [0.1, 0.15) is 5.82 Å². The normalized spacial score (nSPS) is 14.5. The van der Waals surface area contributed by atoms with Crippen molar-refractivity contribution in [2.45, 2.75) is 39.0 Å². The second-order valence-corrected chi connectivity index (χ2v) is 5.38. The Bertz CT molecular complexity index is 455. The fourth-order valence-corrected chi connectivity index (χ4v) is 1.91. The minimum atomic E-state index is -0.116. The van der Waals surface area contributed by atoms with Crippen LogP contribution in [0.5, 0.6) is 0 Å². The molecule has 1 aliphatic rings. The summed E-state index contributed by atoms with van der Waals surface area (Å²) < 4.78 is 0. The summed E-state index contributed by atoms with van der Waals surface area (Å²) in [7, 11) is 1.77. The van der Waals surface area contributed by atoms with Crippen molar-refractivity contribution >= 4 is 11.6 Å². The molecule has 1 fully saturated rings. The van der Waals surface area contributed by atoms with E-state index in [0.717, 1.165) is 18.9 Å². The Labute approximate surface area is 114 Å². The molecule has 1 heterocycles. The van der Waals surface area contributed by atoms with Crippen LogP contribution in [0.4, 0.5) is 5.69 Å². The van der Waals surface area contributed by atoms with Crippen molar-refractivity contribution in [3.8, 4) is 0 Å². The molecule has 5 heteroatoms. The lowest BCUT2D eigenvalue weighted by Gasteiger charge is -2.11. The van der Waals surface area contributed by atoms with Crippen LogP contribution in [0.15, 0.2) is 6.20 Å². The molecule has 1 aromatic heterocycles. The average Bonchev–Trinajstić information content (AvgIpc) is 3.21. The Hall–Kier alpha value is -1.65. The molecule has 0 saturated heterocycles. The van der Waals surface area contributed by atoms with E-state index in [9.17, 15) is 4.79 Å². The topological polar surface area (TPSA) is 66.9 Å². The molecule has 2 N–H and O–H groups in total. The monoisotopic (exact) mass is 262 g/mol. The molecule has 0 spiro atoms. The first-order valence-corrected chi connectivity index (χ1v) is 6.94. The first-order valence-electron chi connectivity index (χ1n) is 6.94. The Balaban J connectivity index is 2.05. The zero-order chi connectivity index (χ0) is 13.8. The molecule has 104 valence electrons. The van der Waals surface area contributed by atoms with E-state index in [4.69, 9.17) is 0 Å². The number of carbonyl (C=O) groups excluding carboxylic acids is 1. The van der Waals surface area contributed by atoms with Crippen molar-refractivity contribution in [1.29, 1.82) is 0 Å². The fraction of sp³-hybridized carbons (Fsp3) is 0.643. The zero-order valence-electron chi connectivity index (χ0n) is 11.9. The quantitative estimate of drug-likeness (QED) is 0.824. The van der Waals surface area contributed by atoms with Crippen molar-refractivity contribution < 1.29 is 4.79 Å². The molecule has 1 saturated carbocycles. The third-order valence-electron chi connectivity index (χ3n) is 3.34. The number of nitrogens with one attached hydrogen (secondary N) is 2. The highest BCUT2D eigenvalue weighted by Gasteiger charge is 2.21. The van der Waals surface area contributed by atoms with E-state index < -0.39 is 0 Å². The highest BCUT2D eigenvalue weighted by molar-refractivity contribution is 5.97. The minimum absolute atomic E-state index is 0.116. The molecule has 0 unspecified atom stereocenters. The number of hydrogen-bond donors (Lipinski definition) is 2. The van der Waals surface area contributed by atoms with Crippen LogP contribution in [0.3, 0.4) is 0 Å². The largest absolute Gasteiger partial charge is 0.385 e. The lowest BCUT2D eigenvalue weighted by Crippen LogP contribution is -2.27. The van der Waals surface area contributed by atoms with Crippen LogP contribution < -0.4 is 10.6 Å². The van der Waals surface area contributed by atoms with Crippen LogP contribution in [0, 0.1) is 5.92 Å². The highest BCUT2D eigenvalue weighted by Crippen LogP contribution is 2.31. The molecule has 1 aromatic rings. The second-order valence-electron chi connectivity index (χ2n) is 5.38. The predicted octanol–water partition coefficient (Wildman–Crippen LogP) is 2.17. The van der Waals surface area contributed by atoms with Gasteiger partial charge in [0.15, 0.2) is 5.69 Å². The lowest BCUT2D eigenvalue weighted by atomic mass is 10.2. The van der Waals surface area contributed by atoms with Crippen molar-refractivity contribution in [1.82, 2.24) is 15.3 Å². The molecular weight excluding hydrogens is 240 g/mol. The van der Waals surface area contributed by atoms with Crippen LogP contribution in [0.25, 0.3) is 0 Å². The maximum absolute atomic E-state index is 12.2. The molecule has 0 aliphatic heterocycles. The zero-order valence-corrected chi connectivity index (χ0v) is 11.9. The molecular formula is C14H22N4O. The van der Waals surface area contributed by atoms with Gasteiger partial charge in [-0.25, -0.2) is 9.97 Å². The number of anilines is 1. The van der Waals surface area contributed by atoms with Gasteiger partial charge in [0.05, 0.1) is 11.9 Å². The molecule has 0 aromatic carbocycles. The Morgan fingerprint density at radius 3 is 2.79 bits per heavy atom. The van der Waals surface area contributed by atoms with E-state index in [1.165, 1.54) is 12.8 Å². The summed E-state index contributed by atoms with van der Waals surface area (Å²) in [5.41, 5.74) is 1.12. The SMILES string of the molecule is CNc1cnc(C(C)C)nc1C(=O)NCCC1CC1. The van der Waals surface area contributed by atoms with Gasteiger partial charge in [-0.15, -0.1) is 0 Å². The highest BCUT2D eigenvalue weighted by atomic mass is 16.1. The Morgan fingerprint density at radius 2 is 2.21 bits per heavy atom. The summed E-state index contributed by atoms with van der Waals surface area (Å²) in [6, 6.07) is 0. The first-order chi connectivity index (χ1) is 9.11. The molecule has 0 atom stereocenters. The molecule has 5 nitrogen and oxygen atoms in total. The Morgan fingerprint density at radius 1 is 1.47 bits per heavy atom. The number of carbonyl (C=O) groups is 1. The summed E-state index contributed by atoms with van der Waals surface area (Å²) in [6.45, 7) is 4.76. The molecule has 2 rings (SSSR count). The minimum Gasteiger partial charge on any atom is -0.385 e. The molecule has 0 radical (unpaired) electrons. The molecule has 19 heavy (non-hydrogen) atoms. The summed E-state index contributed by atoms with van der Waals surface area (Å²) >= 11 is 0. The predicted molar refractivity (Wildman–Crippen MR) is 75.3 cm³/mol. The van der Waals surface area contributed by atoms with Gasteiger partial charge in [-0.05, 0) is 12.3 Å². The van der Waals surface area contributed by atoms with Crippen LogP contribution in [0.2, 0.25) is 0 Å². The first kappa shape index (κ1) is 13.8. The van der Waals surface area contributed by atoms with Crippen molar-refractivity contribution in [2.24, 2.45) is 5.92 Å². The van der Waals surface area contributed by atoms with E-state index in [1.54, 1.807) is 13.2 Å². The van der Waals surface area contributed by atoms with Crippen molar-refractivity contribution in [2.75, 3.05) is 18.9 Å². The van der Waals surface area contributed by atoms with Crippen LogP contribution >= 0.6 is 0 Å². The van der Waals surface area contributed by atoms with Gasteiger partial charge in [-0.3, -0.25) is 4.79 Å². The summed E-state index contributed by atoms with van der Waals surface area (Å²) in [5.74, 6) is 1.62. The number of aromatic nitrogens is 2. The fourth-order valence-electron chi connectivity index (χ4n) is 1.91. The van der Waals surface area contributed by atoms with E-state index in [2.05, 4.69) is 20.6 Å². The summed E-state index contributed by atoms with van der Waals surface area (Å²) in [6.07, 6.45) is 5.37. The van der Waals surface area contributed by atoms with E-state index >= 15 is 0 Å². The maximum atomic E-state index is 12.2. The van der Waals surface area contributed by atoms with E-state index in [-0.39, 0.29) is 11.8 Å². The van der Waals surface area contributed by atoms with Gasteiger partial charge >= 0.3 is 0 Å². The lowest BCUT2D eigenvalue weighted by molar-refractivity contribution is 0.0948. The van der Waals surface area contributed by atoms with Crippen LogP contribution in [0.1, 0.15) is 55.3 Å². The maximum Gasteiger partial charge on any atom is 0.272 e. The van der Waals surface area contributed by atoms with Crippen LogP contribution in [-0.4, -0.2) is 29.5 Å². The number of nitrogens with zero attached hydrogens (tertiary/aromatic N) is 2. The van der Waals surface area contributed by atoms with Gasteiger partial charge in [-0.1, -0.05) is 26.7 Å². The van der Waals surface area contributed by atoms with E-state index in [0.29, 0.717) is 17.2 Å². The van der Waals surface area contributed by atoms with Gasteiger partial charge in [0.25, 0.3) is 5.91 Å². The van der Waals surface area contributed by atoms with Gasteiger partial charge in [0.2, 0.25) is 0 Å². The smallest absolute Gasteiger partial charge is 0.272 e. The van der Waals surface area contributed by atoms with Gasteiger partial charge < -0.3 is 10.6 Å². The Kier molecular flexibility index (Phi) is 4.35. The third-order valence-corrected chi connectivity index (χ3v) is 3.34. The van der Waals surface area contributed by atoms with E-state index in [1.807, 2.05) is 13.8 Å². The summed E-state index contributed by atoms with van der Waals surface area (Å²) in [4.78, 5) is 20.8. The summed E-state index contributed by atoms with van der Waals surface area (Å²) in [5, 5.41) is 5.91. The van der Waals surface area contributed by atoms with Gasteiger partial charge in [-0.2, -0.15) is 0 Å². The standard InChI is InChI=1S/C14H22N4O/c1-9(2)13-17-8-11(15-3)12(18-13)14(19)16-7-6-10-4-5-10/h8-10,15H,4-7H2,1-3H3,(H,16,19). The third kappa shape index (κ3) is 3.66. The molecule has 1 amide bonds.